The highest BCUT2D eigenvalue weighted by molar-refractivity contribution is 6.23. The SMILES string of the molecule is Cc1ccnc2c3ccccc3c3nc4ccccc4nc3c12. The average Bonchev–Trinajstić information content (AvgIpc) is 2.60. The van der Waals surface area contributed by atoms with E-state index in [2.05, 4.69) is 24.0 Å². The summed E-state index contributed by atoms with van der Waals surface area (Å²) in [7, 11) is 0. The number of para-hydroxylation sites is 2. The second-order valence-electron chi connectivity index (χ2n) is 5.81. The van der Waals surface area contributed by atoms with Gasteiger partial charge in [0.2, 0.25) is 0 Å². The molecule has 23 heavy (non-hydrogen) atoms. The molecule has 0 aliphatic carbocycles. The molecule has 0 unspecified atom stereocenters. The monoisotopic (exact) mass is 295 g/mol. The van der Waals surface area contributed by atoms with Gasteiger partial charge in [-0.05, 0) is 30.7 Å². The maximum atomic E-state index is 4.91. The number of nitrogens with zero attached hydrogens (tertiary/aromatic N) is 3. The molecular weight excluding hydrogens is 282 g/mol. The topological polar surface area (TPSA) is 38.7 Å². The summed E-state index contributed by atoms with van der Waals surface area (Å²) in [5.41, 5.74) is 5.89. The van der Waals surface area contributed by atoms with Gasteiger partial charge < -0.3 is 0 Å². The predicted molar refractivity (Wildman–Crippen MR) is 94.6 cm³/mol. The molecule has 5 rings (SSSR count). The predicted octanol–water partition coefficient (Wildman–Crippen LogP) is 4.79. The smallest absolute Gasteiger partial charge is 0.0997 e. The number of hydrogen-bond donors (Lipinski definition) is 0. The highest BCUT2D eigenvalue weighted by Gasteiger charge is 2.13. The normalized spacial score (nSPS) is 11.7. The van der Waals surface area contributed by atoms with E-state index in [0.717, 1.165) is 43.7 Å². The minimum atomic E-state index is 0.917. The van der Waals surface area contributed by atoms with Crippen molar-refractivity contribution in [3.05, 3.63) is 66.4 Å². The lowest BCUT2D eigenvalue weighted by molar-refractivity contribution is 1.36. The van der Waals surface area contributed by atoms with Gasteiger partial charge in [-0.1, -0.05) is 36.4 Å². The quantitative estimate of drug-likeness (QED) is 0.304. The van der Waals surface area contributed by atoms with Crippen LogP contribution >= 0.6 is 0 Å². The standard InChI is InChI=1S/C20H13N3/c1-12-10-11-21-18-13-6-2-3-7-14(13)19-20(17(12)18)23-16-9-5-4-8-15(16)22-19/h2-11H,1H3. The van der Waals surface area contributed by atoms with Gasteiger partial charge in [-0.15, -0.1) is 0 Å². The van der Waals surface area contributed by atoms with Crippen molar-refractivity contribution in [1.29, 1.82) is 0 Å². The minimum Gasteiger partial charge on any atom is -0.256 e. The summed E-state index contributed by atoms with van der Waals surface area (Å²) in [6, 6.07) is 18.4. The molecule has 2 heterocycles. The van der Waals surface area contributed by atoms with E-state index in [1.54, 1.807) is 0 Å². The summed E-state index contributed by atoms with van der Waals surface area (Å²) in [5.74, 6) is 0. The van der Waals surface area contributed by atoms with Gasteiger partial charge in [-0.25, -0.2) is 9.97 Å². The number of aromatic nitrogens is 3. The maximum Gasteiger partial charge on any atom is 0.0997 e. The second-order valence-corrected chi connectivity index (χ2v) is 5.81. The largest absolute Gasteiger partial charge is 0.256 e. The summed E-state index contributed by atoms with van der Waals surface area (Å²) < 4.78 is 0. The van der Waals surface area contributed by atoms with Gasteiger partial charge in [0, 0.05) is 22.4 Å². The molecule has 0 aliphatic rings. The van der Waals surface area contributed by atoms with Gasteiger partial charge in [0.05, 0.1) is 27.6 Å². The van der Waals surface area contributed by atoms with Crippen molar-refractivity contribution in [1.82, 2.24) is 15.0 Å². The van der Waals surface area contributed by atoms with Crippen LogP contribution in [-0.4, -0.2) is 15.0 Å². The molecule has 0 spiro atoms. The fraction of sp³-hybridized carbons (Fsp3) is 0.0500. The Morgan fingerprint density at radius 1 is 0.652 bits per heavy atom. The average molecular weight is 295 g/mol. The van der Waals surface area contributed by atoms with Crippen LogP contribution in [0.5, 0.6) is 0 Å². The molecule has 5 aromatic rings. The van der Waals surface area contributed by atoms with E-state index in [0.29, 0.717) is 0 Å². The lowest BCUT2D eigenvalue weighted by atomic mass is 10.0. The Morgan fingerprint density at radius 2 is 1.26 bits per heavy atom. The summed E-state index contributed by atoms with van der Waals surface area (Å²) in [6.07, 6.45) is 1.87. The van der Waals surface area contributed by atoms with Crippen LogP contribution in [0.4, 0.5) is 0 Å². The van der Waals surface area contributed by atoms with Crippen molar-refractivity contribution < 1.29 is 0 Å². The molecule has 2 aromatic heterocycles. The van der Waals surface area contributed by atoms with Crippen molar-refractivity contribution in [3.63, 3.8) is 0 Å². The molecule has 0 aliphatic heterocycles. The first kappa shape index (κ1) is 12.5. The zero-order chi connectivity index (χ0) is 15.4. The number of hydrogen-bond acceptors (Lipinski definition) is 3. The summed E-state index contributed by atoms with van der Waals surface area (Å²) >= 11 is 0. The van der Waals surface area contributed by atoms with E-state index >= 15 is 0 Å². The molecule has 3 aromatic carbocycles. The molecule has 3 heteroatoms. The molecule has 108 valence electrons. The number of rotatable bonds is 0. The number of pyridine rings is 1. The van der Waals surface area contributed by atoms with Crippen LogP contribution in [0.15, 0.2) is 60.8 Å². The van der Waals surface area contributed by atoms with Gasteiger partial charge in [0.15, 0.2) is 0 Å². The third kappa shape index (κ3) is 1.67. The fourth-order valence-corrected chi connectivity index (χ4v) is 3.32. The number of aryl methyl sites for hydroxylation is 1. The van der Waals surface area contributed by atoms with Crippen molar-refractivity contribution in [2.75, 3.05) is 0 Å². The summed E-state index contributed by atoms with van der Waals surface area (Å²) in [6.45, 7) is 2.11. The highest BCUT2D eigenvalue weighted by atomic mass is 14.8. The first-order valence-electron chi connectivity index (χ1n) is 7.65. The Hall–Kier alpha value is -3.07. The molecule has 0 amide bonds. The minimum absolute atomic E-state index is 0.917. The van der Waals surface area contributed by atoms with Crippen molar-refractivity contribution >= 4 is 43.7 Å². The van der Waals surface area contributed by atoms with E-state index in [1.165, 1.54) is 5.56 Å². The Morgan fingerprint density at radius 3 is 2.00 bits per heavy atom. The molecule has 0 bridgehead atoms. The zero-order valence-electron chi connectivity index (χ0n) is 12.6. The molecule has 0 saturated heterocycles. The molecular formula is C20H13N3. The van der Waals surface area contributed by atoms with Crippen molar-refractivity contribution in [3.8, 4) is 0 Å². The van der Waals surface area contributed by atoms with Crippen LogP contribution in [0, 0.1) is 6.92 Å². The third-order valence-corrected chi connectivity index (χ3v) is 4.40. The molecule has 0 atom stereocenters. The van der Waals surface area contributed by atoms with E-state index in [-0.39, 0.29) is 0 Å². The third-order valence-electron chi connectivity index (χ3n) is 4.40. The fourth-order valence-electron chi connectivity index (χ4n) is 3.32. The summed E-state index contributed by atoms with van der Waals surface area (Å²) in [5, 5.41) is 3.33. The maximum absolute atomic E-state index is 4.91. The van der Waals surface area contributed by atoms with E-state index < -0.39 is 0 Å². The lowest BCUT2D eigenvalue weighted by Gasteiger charge is -2.11. The van der Waals surface area contributed by atoms with Gasteiger partial charge in [0.25, 0.3) is 0 Å². The summed E-state index contributed by atoms with van der Waals surface area (Å²) in [4.78, 5) is 14.5. The Balaban J connectivity index is 2.19. The lowest BCUT2D eigenvalue weighted by Crippen LogP contribution is -1.93. The first-order chi connectivity index (χ1) is 11.3. The van der Waals surface area contributed by atoms with Crippen molar-refractivity contribution in [2.24, 2.45) is 0 Å². The first-order valence-corrected chi connectivity index (χ1v) is 7.65. The Bertz CT molecular complexity index is 1230. The van der Waals surface area contributed by atoms with Crippen LogP contribution in [0.2, 0.25) is 0 Å². The van der Waals surface area contributed by atoms with Gasteiger partial charge in [-0.2, -0.15) is 0 Å². The van der Waals surface area contributed by atoms with E-state index in [1.807, 2.05) is 48.7 Å². The van der Waals surface area contributed by atoms with Crippen LogP contribution in [0.3, 0.4) is 0 Å². The second kappa shape index (κ2) is 4.46. The van der Waals surface area contributed by atoms with E-state index in [4.69, 9.17) is 9.97 Å². The molecule has 0 saturated carbocycles. The Kier molecular flexibility index (Phi) is 2.42. The molecule has 3 nitrogen and oxygen atoms in total. The van der Waals surface area contributed by atoms with Gasteiger partial charge >= 0.3 is 0 Å². The zero-order valence-corrected chi connectivity index (χ0v) is 12.6. The molecule has 0 fully saturated rings. The molecule has 0 N–H and O–H groups in total. The van der Waals surface area contributed by atoms with Crippen LogP contribution < -0.4 is 0 Å². The highest BCUT2D eigenvalue weighted by Crippen LogP contribution is 2.34. The number of benzene rings is 3. The van der Waals surface area contributed by atoms with Crippen LogP contribution in [-0.2, 0) is 0 Å². The van der Waals surface area contributed by atoms with Crippen LogP contribution in [0.1, 0.15) is 5.56 Å². The number of fused-ring (bicyclic) bond motifs is 7. The van der Waals surface area contributed by atoms with Crippen molar-refractivity contribution in [2.45, 2.75) is 6.92 Å². The Labute approximate surface area is 132 Å². The molecule has 0 radical (unpaired) electrons. The van der Waals surface area contributed by atoms with Crippen LogP contribution in [0.25, 0.3) is 43.7 Å². The van der Waals surface area contributed by atoms with Gasteiger partial charge in [-0.3, -0.25) is 4.98 Å². The van der Waals surface area contributed by atoms with E-state index in [9.17, 15) is 0 Å². The van der Waals surface area contributed by atoms with Gasteiger partial charge in [0.1, 0.15) is 0 Å².